The second kappa shape index (κ2) is 5.04. The monoisotopic (exact) mass is 230 g/mol. The van der Waals surface area contributed by atoms with E-state index < -0.39 is 0 Å². The lowest BCUT2D eigenvalue weighted by Crippen LogP contribution is -2.14. The summed E-state index contributed by atoms with van der Waals surface area (Å²) in [7, 11) is 2.01. The normalized spacial score (nSPS) is 15.9. The first-order valence-electron chi connectivity index (χ1n) is 6.05. The molecule has 1 N–H and O–H groups in total. The van der Waals surface area contributed by atoms with Crippen LogP contribution in [0.3, 0.4) is 0 Å². The van der Waals surface area contributed by atoms with Crippen LogP contribution in [0.25, 0.3) is 5.57 Å². The van der Waals surface area contributed by atoms with Gasteiger partial charge in [-0.3, -0.25) is 4.79 Å². The first-order chi connectivity index (χ1) is 8.22. The molecular weight excluding hydrogens is 212 g/mol. The van der Waals surface area contributed by atoms with E-state index >= 15 is 0 Å². The van der Waals surface area contributed by atoms with Crippen molar-refractivity contribution in [1.29, 1.82) is 0 Å². The zero-order valence-corrected chi connectivity index (χ0v) is 10.4. The summed E-state index contributed by atoms with van der Waals surface area (Å²) in [6.45, 7) is 3.15. The number of hydrogen-bond acceptors (Lipinski definition) is 2. The van der Waals surface area contributed by atoms with Gasteiger partial charge in [0.05, 0.1) is 5.57 Å². The van der Waals surface area contributed by atoms with Crippen LogP contribution in [0.4, 0.5) is 5.69 Å². The number of nitrogens with one attached hydrogen (secondary N) is 1. The van der Waals surface area contributed by atoms with E-state index in [2.05, 4.69) is 17.1 Å². The number of carbonyl (C=O) groups is 1. The largest absolute Gasteiger partial charge is 0.380 e. The van der Waals surface area contributed by atoms with Crippen LogP contribution in [0.1, 0.15) is 25.3 Å². The molecule has 0 aliphatic carbocycles. The van der Waals surface area contributed by atoms with Gasteiger partial charge in [0.15, 0.2) is 0 Å². The zero-order valence-electron chi connectivity index (χ0n) is 10.4. The maximum absolute atomic E-state index is 11.8. The molecular formula is C14H18N2O. The third-order valence-electron chi connectivity index (χ3n) is 2.92. The highest BCUT2D eigenvalue weighted by Crippen LogP contribution is 2.31. The summed E-state index contributed by atoms with van der Waals surface area (Å²) in [6.07, 6.45) is 4.25. The lowest BCUT2D eigenvalue weighted by molar-refractivity contribution is -0.110. The topological polar surface area (TPSA) is 32.3 Å². The first kappa shape index (κ1) is 11.7. The second-order valence-electron chi connectivity index (χ2n) is 4.38. The van der Waals surface area contributed by atoms with Crippen LogP contribution in [-0.2, 0) is 4.79 Å². The Labute approximate surface area is 102 Å². The molecule has 1 aliphatic heterocycles. The average molecular weight is 230 g/mol. The molecule has 1 amide bonds. The van der Waals surface area contributed by atoms with Crippen LogP contribution in [-0.4, -0.2) is 24.4 Å². The van der Waals surface area contributed by atoms with Gasteiger partial charge in [-0.2, -0.15) is 0 Å². The fraction of sp³-hybridized carbons (Fsp3) is 0.357. The van der Waals surface area contributed by atoms with E-state index in [0.29, 0.717) is 0 Å². The highest BCUT2D eigenvalue weighted by atomic mass is 16.2. The molecule has 0 radical (unpaired) electrons. The van der Waals surface area contributed by atoms with Gasteiger partial charge in [0.1, 0.15) is 0 Å². The van der Waals surface area contributed by atoms with Crippen molar-refractivity contribution in [3.8, 4) is 0 Å². The van der Waals surface area contributed by atoms with Crippen LogP contribution < -0.4 is 5.32 Å². The number of anilines is 1. The van der Waals surface area contributed by atoms with Crippen LogP contribution in [0.2, 0.25) is 0 Å². The Morgan fingerprint density at radius 3 is 2.88 bits per heavy atom. The summed E-state index contributed by atoms with van der Waals surface area (Å²) in [4.78, 5) is 13.9. The number of hydrogen-bond donors (Lipinski definition) is 1. The molecule has 1 heterocycles. The lowest BCUT2D eigenvalue weighted by Gasteiger charge is -2.14. The Bertz CT molecular complexity index is 451. The van der Waals surface area contributed by atoms with Crippen molar-refractivity contribution in [1.82, 2.24) is 4.90 Å². The highest BCUT2D eigenvalue weighted by Gasteiger charge is 2.23. The Hall–Kier alpha value is -1.77. The van der Waals surface area contributed by atoms with Crippen molar-refractivity contribution in [2.45, 2.75) is 19.8 Å². The Morgan fingerprint density at radius 2 is 2.12 bits per heavy atom. The molecule has 0 saturated carbocycles. The van der Waals surface area contributed by atoms with Gasteiger partial charge in [-0.15, -0.1) is 0 Å². The molecule has 2 rings (SSSR count). The summed E-state index contributed by atoms with van der Waals surface area (Å²) in [5.74, 6) is -0.00505. The Kier molecular flexibility index (Phi) is 3.47. The minimum atomic E-state index is -0.00505. The van der Waals surface area contributed by atoms with E-state index in [1.165, 1.54) is 0 Å². The molecule has 0 spiro atoms. The van der Waals surface area contributed by atoms with E-state index in [0.717, 1.165) is 36.2 Å². The molecule has 0 bridgehead atoms. The van der Waals surface area contributed by atoms with Crippen LogP contribution in [0, 0.1) is 0 Å². The average Bonchev–Trinajstić information content (AvgIpc) is 2.64. The summed E-state index contributed by atoms with van der Waals surface area (Å²) >= 11 is 0. The smallest absolute Gasteiger partial charge is 0.257 e. The minimum Gasteiger partial charge on any atom is -0.380 e. The van der Waals surface area contributed by atoms with Gasteiger partial charge >= 0.3 is 0 Å². The van der Waals surface area contributed by atoms with Gasteiger partial charge in [0.2, 0.25) is 0 Å². The lowest BCUT2D eigenvalue weighted by atomic mass is 10.1. The van der Waals surface area contributed by atoms with Crippen molar-refractivity contribution >= 4 is 17.2 Å². The summed E-state index contributed by atoms with van der Waals surface area (Å²) in [6, 6.07) is 7.80. The second-order valence-corrected chi connectivity index (χ2v) is 4.38. The summed E-state index contributed by atoms with van der Waals surface area (Å²) in [5, 5.41) is 2.88. The van der Waals surface area contributed by atoms with E-state index in [9.17, 15) is 4.79 Å². The maximum Gasteiger partial charge on any atom is 0.257 e. The Morgan fingerprint density at radius 1 is 1.35 bits per heavy atom. The van der Waals surface area contributed by atoms with Gasteiger partial charge < -0.3 is 10.2 Å². The number of rotatable bonds is 4. The molecule has 17 heavy (non-hydrogen) atoms. The molecule has 1 aliphatic rings. The van der Waals surface area contributed by atoms with Crippen molar-refractivity contribution in [3.05, 3.63) is 36.0 Å². The molecule has 90 valence electrons. The van der Waals surface area contributed by atoms with Crippen LogP contribution in [0.15, 0.2) is 30.5 Å². The summed E-state index contributed by atoms with van der Waals surface area (Å²) in [5.41, 5.74) is 2.67. The molecule has 0 unspecified atom stereocenters. The van der Waals surface area contributed by atoms with Gasteiger partial charge in [0, 0.05) is 31.0 Å². The molecule has 0 saturated heterocycles. The predicted molar refractivity (Wildman–Crippen MR) is 70.6 cm³/mol. The van der Waals surface area contributed by atoms with E-state index in [4.69, 9.17) is 0 Å². The van der Waals surface area contributed by atoms with E-state index in [1.807, 2.05) is 37.5 Å². The van der Waals surface area contributed by atoms with E-state index in [-0.39, 0.29) is 5.91 Å². The highest BCUT2D eigenvalue weighted by molar-refractivity contribution is 6.31. The molecule has 3 heteroatoms. The van der Waals surface area contributed by atoms with E-state index in [1.54, 1.807) is 0 Å². The van der Waals surface area contributed by atoms with Gasteiger partial charge in [-0.25, -0.2) is 0 Å². The number of carbonyl (C=O) groups excluding carboxylic acids is 1. The molecule has 3 nitrogen and oxygen atoms in total. The van der Waals surface area contributed by atoms with Crippen molar-refractivity contribution < 1.29 is 4.79 Å². The van der Waals surface area contributed by atoms with Crippen LogP contribution >= 0.6 is 0 Å². The number of amides is 1. The van der Waals surface area contributed by atoms with Crippen molar-refractivity contribution in [2.24, 2.45) is 0 Å². The zero-order chi connectivity index (χ0) is 12.3. The summed E-state index contributed by atoms with van der Waals surface area (Å²) < 4.78 is 0. The van der Waals surface area contributed by atoms with Gasteiger partial charge in [0.25, 0.3) is 5.91 Å². The number of benzene rings is 1. The molecule has 0 fully saturated rings. The maximum atomic E-state index is 11.8. The number of para-hydroxylation sites is 1. The van der Waals surface area contributed by atoms with Crippen molar-refractivity contribution in [3.63, 3.8) is 0 Å². The predicted octanol–water partition coefficient (Wildman–Crippen LogP) is 2.71. The molecule has 0 aromatic heterocycles. The number of fused-ring (bicyclic) bond motifs is 1. The fourth-order valence-electron chi connectivity index (χ4n) is 1.96. The SMILES string of the molecule is CCCCN(C)/C=C1/C(=O)Nc2ccccc21. The van der Waals surface area contributed by atoms with Crippen LogP contribution in [0.5, 0.6) is 0 Å². The first-order valence-corrected chi connectivity index (χ1v) is 6.05. The molecule has 1 aromatic rings. The third-order valence-corrected chi connectivity index (χ3v) is 2.92. The molecule has 0 atom stereocenters. The number of unbranched alkanes of at least 4 members (excludes halogenated alkanes) is 1. The van der Waals surface area contributed by atoms with Gasteiger partial charge in [-0.05, 0) is 12.5 Å². The Balaban J connectivity index is 2.21. The fourth-order valence-corrected chi connectivity index (χ4v) is 1.96. The number of nitrogens with zero attached hydrogens (tertiary/aromatic N) is 1. The van der Waals surface area contributed by atoms with Crippen molar-refractivity contribution in [2.75, 3.05) is 18.9 Å². The molecule has 1 aromatic carbocycles. The minimum absolute atomic E-state index is 0.00505. The third kappa shape index (κ3) is 2.49. The standard InChI is InChI=1S/C14H18N2O/c1-3-4-9-16(2)10-12-11-7-5-6-8-13(11)15-14(12)17/h5-8,10H,3-4,9H2,1-2H3,(H,15,17)/b12-10+. The quantitative estimate of drug-likeness (QED) is 0.807. The van der Waals surface area contributed by atoms with Gasteiger partial charge in [-0.1, -0.05) is 31.5 Å².